The molecule has 0 aromatic heterocycles. The van der Waals surface area contributed by atoms with Crippen molar-refractivity contribution in [2.45, 2.75) is 6.42 Å². The van der Waals surface area contributed by atoms with E-state index in [0.29, 0.717) is 11.1 Å². The van der Waals surface area contributed by atoms with Crippen LogP contribution in [-0.4, -0.2) is 5.78 Å². The zero-order chi connectivity index (χ0) is 14.0. The summed E-state index contributed by atoms with van der Waals surface area (Å²) in [4.78, 5) is 12.2. The van der Waals surface area contributed by atoms with Gasteiger partial charge in [0.05, 0.1) is 0 Å². The number of hydrogen-bond acceptors (Lipinski definition) is 1. The lowest BCUT2D eigenvalue weighted by Crippen LogP contribution is -2.04. The van der Waals surface area contributed by atoms with Crippen LogP contribution in [0.3, 0.4) is 0 Å². The molecule has 0 N–H and O–H groups in total. The van der Waals surface area contributed by atoms with Crippen molar-refractivity contribution in [2.24, 2.45) is 0 Å². The highest BCUT2D eigenvalue weighted by Crippen LogP contribution is 2.23. The molecule has 2 aromatic carbocycles. The lowest BCUT2D eigenvalue weighted by molar-refractivity contribution is 0.0992. The third kappa shape index (κ3) is 3.97. The molecular weight excluding hydrogens is 443 g/mol. The lowest BCUT2D eigenvalue weighted by atomic mass is 10.0. The van der Waals surface area contributed by atoms with Crippen molar-refractivity contribution in [1.82, 2.24) is 0 Å². The van der Waals surface area contributed by atoms with Crippen LogP contribution >= 0.6 is 47.8 Å². The van der Waals surface area contributed by atoms with Gasteiger partial charge in [0.1, 0.15) is 5.82 Å². The van der Waals surface area contributed by atoms with E-state index in [1.807, 2.05) is 6.07 Å². The SMILES string of the molecule is O=C(Cc1cc(F)ccc1Br)c1cc(Br)cc(Br)c1. The normalized spacial score (nSPS) is 10.5. The van der Waals surface area contributed by atoms with E-state index in [1.165, 1.54) is 12.1 Å². The Labute approximate surface area is 135 Å². The molecule has 0 saturated heterocycles. The largest absolute Gasteiger partial charge is 0.294 e. The number of Topliss-reactive ketones (excluding diaryl/α,β-unsaturated/α-hetero) is 1. The van der Waals surface area contributed by atoms with Crippen molar-refractivity contribution in [3.8, 4) is 0 Å². The van der Waals surface area contributed by atoms with Crippen LogP contribution in [0.5, 0.6) is 0 Å². The highest BCUT2D eigenvalue weighted by molar-refractivity contribution is 9.11. The first kappa shape index (κ1) is 14.9. The molecule has 0 bridgehead atoms. The van der Waals surface area contributed by atoms with Gasteiger partial charge in [-0.15, -0.1) is 0 Å². The van der Waals surface area contributed by atoms with E-state index in [2.05, 4.69) is 47.8 Å². The van der Waals surface area contributed by atoms with Gasteiger partial charge >= 0.3 is 0 Å². The molecule has 0 spiro atoms. The van der Waals surface area contributed by atoms with Crippen LogP contribution in [0.25, 0.3) is 0 Å². The summed E-state index contributed by atoms with van der Waals surface area (Å²) in [5.74, 6) is -0.408. The first-order valence-corrected chi connectivity index (χ1v) is 7.77. The summed E-state index contributed by atoms with van der Waals surface area (Å²) in [7, 11) is 0. The summed E-state index contributed by atoms with van der Waals surface area (Å²) < 4.78 is 15.6. The quantitative estimate of drug-likeness (QED) is 0.561. The van der Waals surface area contributed by atoms with E-state index in [0.717, 1.165) is 13.4 Å². The molecule has 1 nitrogen and oxygen atoms in total. The van der Waals surface area contributed by atoms with Gasteiger partial charge in [-0.05, 0) is 42.0 Å². The topological polar surface area (TPSA) is 17.1 Å². The smallest absolute Gasteiger partial charge is 0.167 e. The molecule has 0 aliphatic carbocycles. The Hall–Kier alpha value is -0.520. The van der Waals surface area contributed by atoms with Gasteiger partial charge in [-0.25, -0.2) is 4.39 Å². The summed E-state index contributed by atoms with van der Waals surface area (Å²) in [5.41, 5.74) is 1.22. The van der Waals surface area contributed by atoms with Gasteiger partial charge in [-0.3, -0.25) is 4.79 Å². The molecule has 0 amide bonds. The zero-order valence-electron chi connectivity index (χ0n) is 9.59. The third-order valence-electron chi connectivity index (χ3n) is 2.54. The third-order valence-corrected chi connectivity index (χ3v) is 4.23. The fourth-order valence-corrected chi connectivity index (χ4v) is 3.35. The van der Waals surface area contributed by atoms with E-state index in [9.17, 15) is 9.18 Å². The van der Waals surface area contributed by atoms with Gasteiger partial charge in [0.15, 0.2) is 5.78 Å². The number of rotatable bonds is 3. The molecule has 2 aromatic rings. The molecule has 2 rings (SSSR count). The number of ketones is 1. The molecule has 0 aliphatic rings. The van der Waals surface area contributed by atoms with Gasteiger partial charge < -0.3 is 0 Å². The van der Waals surface area contributed by atoms with Crippen molar-refractivity contribution in [1.29, 1.82) is 0 Å². The van der Waals surface area contributed by atoms with E-state index in [1.54, 1.807) is 18.2 Å². The molecule has 0 aliphatic heterocycles. The maximum absolute atomic E-state index is 13.2. The van der Waals surface area contributed by atoms with Crippen molar-refractivity contribution in [3.63, 3.8) is 0 Å². The Kier molecular flexibility index (Phi) is 4.92. The van der Waals surface area contributed by atoms with Crippen LogP contribution < -0.4 is 0 Å². The summed E-state index contributed by atoms with van der Waals surface area (Å²) in [6.07, 6.45) is 0.154. The van der Waals surface area contributed by atoms with Crippen LogP contribution in [0, 0.1) is 5.82 Å². The average Bonchev–Trinajstić information content (AvgIpc) is 2.32. The maximum Gasteiger partial charge on any atom is 0.167 e. The van der Waals surface area contributed by atoms with Crippen LogP contribution in [0.2, 0.25) is 0 Å². The first-order valence-electron chi connectivity index (χ1n) is 5.39. The molecule has 0 heterocycles. The van der Waals surface area contributed by atoms with Crippen LogP contribution in [0.4, 0.5) is 4.39 Å². The van der Waals surface area contributed by atoms with Gasteiger partial charge in [-0.2, -0.15) is 0 Å². The van der Waals surface area contributed by atoms with E-state index < -0.39 is 0 Å². The highest BCUT2D eigenvalue weighted by atomic mass is 79.9. The monoisotopic (exact) mass is 448 g/mol. The predicted octanol–water partition coefficient (Wildman–Crippen LogP) is 5.54. The molecule has 0 unspecified atom stereocenters. The van der Waals surface area contributed by atoms with Crippen molar-refractivity contribution >= 4 is 53.6 Å². The summed E-state index contributed by atoms with van der Waals surface area (Å²) in [5, 5.41) is 0. The Morgan fingerprint density at radius 2 is 1.63 bits per heavy atom. The number of carbonyl (C=O) groups excluding carboxylic acids is 1. The van der Waals surface area contributed by atoms with E-state index in [4.69, 9.17) is 0 Å². The van der Waals surface area contributed by atoms with E-state index in [-0.39, 0.29) is 18.0 Å². The highest BCUT2D eigenvalue weighted by Gasteiger charge is 2.11. The minimum absolute atomic E-state index is 0.0618. The lowest BCUT2D eigenvalue weighted by Gasteiger charge is -2.06. The average molecular weight is 451 g/mol. The second-order valence-electron chi connectivity index (χ2n) is 3.99. The first-order chi connectivity index (χ1) is 8.95. The van der Waals surface area contributed by atoms with Crippen LogP contribution in [0.1, 0.15) is 15.9 Å². The molecule has 0 fully saturated rings. The zero-order valence-corrected chi connectivity index (χ0v) is 14.3. The van der Waals surface area contributed by atoms with Crippen molar-refractivity contribution in [2.75, 3.05) is 0 Å². The molecule has 19 heavy (non-hydrogen) atoms. The minimum atomic E-state index is -0.346. The summed E-state index contributed by atoms with van der Waals surface area (Å²) in [6.45, 7) is 0. The fraction of sp³-hybridized carbons (Fsp3) is 0.0714. The molecule has 0 saturated carbocycles. The fourth-order valence-electron chi connectivity index (χ4n) is 1.67. The van der Waals surface area contributed by atoms with Crippen molar-refractivity contribution < 1.29 is 9.18 Å². The summed E-state index contributed by atoms with van der Waals surface area (Å²) >= 11 is 10.0. The summed E-state index contributed by atoms with van der Waals surface area (Å²) in [6, 6.07) is 9.69. The molecule has 5 heteroatoms. The molecular formula is C14H8Br3FO. The molecule has 98 valence electrons. The predicted molar refractivity (Wildman–Crippen MR) is 84.0 cm³/mol. The van der Waals surface area contributed by atoms with Crippen LogP contribution in [-0.2, 0) is 6.42 Å². The number of halogens is 4. The Bertz CT molecular complexity index is 620. The maximum atomic E-state index is 13.2. The number of benzene rings is 2. The standard InChI is InChI=1S/C14H8Br3FO/c15-10-3-9(4-11(16)7-10)14(19)6-8-5-12(18)1-2-13(8)17/h1-5,7H,6H2. The number of carbonyl (C=O) groups is 1. The van der Waals surface area contributed by atoms with Gasteiger partial charge in [0.2, 0.25) is 0 Å². The molecule has 0 atom stereocenters. The number of hydrogen-bond donors (Lipinski definition) is 0. The molecule has 0 radical (unpaired) electrons. The van der Waals surface area contributed by atoms with Gasteiger partial charge in [0.25, 0.3) is 0 Å². The minimum Gasteiger partial charge on any atom is -0.294 e. The second-order valence-corrected chi connectivity index (χ2v) is 6.68. The van der Waals surface area contributed by atoms with Crippen LogP contribution in [0.15, 0.2) is 49.8 Å². The van der Waals surface area contributed by atoms with Gasteiger partial charge in [-0.1, -0.05) is 47.8 Å². The Balaban J connectivity index is 2.28. The Morgan fingerprint density at radius 1 is 1.00 bits per heavy atom. The van der Waals surface area contributed by atoms with Crippen molar-refractivity contribution in [3.05, 3.63) is 66.8 Å². The Morgan fingerprint density at radius 3 is 2.26 bits per heavy atom. The van der Waals surface area contributed by atoms with Gasteiger partial charge in [0, 0.05) is 25.4 Å². The van der Waals surface area contributed by atoms with E-state index >= 15 is 0 Å². The second kappa shape index (κ2) is 6.29.